The minimum Gasteiger partial charge on any atom is -0.318 e. The lowest BCUT2D eigenvalue weighted by Crippen LogP contribution is -2.37. The molecule has 4 heteroatoms. The monoisotopic (exact) mass is 434 g/mol. The van der Waals surface area contributed by atoms with Crippen LogP contribution in [0.25, 0.3) is 0 Å². The molecule has 3 aromatic carbocycles. The lowest BCUT2D eigenvalue weighted by atomic mass is 9.77. The molecule has 0 aliphatic rings. The number of imidazole rings is 1. The molecule has 3 nitrogen and oxygen atoms in total. The van der Waals surface area contributed by atoms with Crippen molar-refractivity contribution >= 4 is 17.1 Å². The van der Waals surface area contributed by atoms with Crippen molar-refractivity contribution in [1.29, 1.82) is 0 Å². The molecule has 2 heterocycles. The van der Waals surface area contributed by atoms with Crippen molar-refractivity contribution in [1.82, 2.24) is 9.55 Å². The number of carbonyl (C=O) groups is 1. The number of benzene rings is 3. The summed E-state index contributed by atoms with van der Waals surface area (Å²) in [6.07, 6.45) is 3.66. The summed E-state index contributed by atoms with van der Waals surface area (Å²) in [5.41, 5.74) is 4.76. The molecule has 0 fully saturated rings. The standard InChI is InChI=1S/C28H22N2OS/c1-21-18-32-19-25(21)27(31)26-17-30(20-29-26)28(22-11-5-2-6-12-22,23-13-7-3-8-14-23)24-15-9-4-10-16-24/h2-20H,1H3. The van der Waals surface area contributed by atoms with Crippen molar-refractivity contribution in [3.63, 3.8) is 0 Å². The fraction of sp³-hybridized carbons (Fsp3) is 0.0714. The Balaban J connectivity index is 1.77. The molecule has 156 valence electrons. The molecule has 0 unspecified atom stereocenters. The van der Waals surface area contributed by atoms with Crippen molar-refractivity contribution in [2.75, 3.05) is 0 Å². The van der Waals surface area contributed by atoms with Gasteiger partial charge in [0.25, 0.3) is 0 Å². The summed E-state index contributed by atoms with van der Waals surface area (Å²) in [5.74, 6) is -0.0504. The zero-order chi connectivity index (χ0) is 22.0. The average molecular weight is 435 g/mol. The maximum atomic E-state index is 13.2. The van der Waals surface area contributed by atoms with Crippen molar-refractivity contribution in [3.05, 3.63) is 148 Å². The minimum absolute atomic E-state index is 0.0504. The minimum atomic E-state index is -0.668. The zero-order valence-corrected chi connectivity index (χ0v) is 18.5. The molecule has 0 bridgehead atoms. The Morgan fingerprint density at radius 1 is 0.781 bits per heavy atom. The highest BCUT2D eigenvalue weighted by atomic mass is 32.1. The van der Waals surface area contributed by atoms with E-state index in [-0.39, 0.29) is 5.78 Å². The maximum Gasteiger partial charge on any atom is 0.214 e. The SMILES string of the molecule is Cc1cscc1C(=O)c1cn(C(c2ccccc2)(c2ccccc2)c2ccccc2)cn1. The molecule has 0 aliphatic heterocycles. The Morgan fingerprint density at radius 3 is 1.72 bits per heavy atom. The Kier molecular flexibility index (Phi) is 5.29. The topological polar surface area (TPSA) is 34.9 Å². The summed E-state index contributed by atoms with van der Waals surface area (Å²) in [6, 6.07) is 31.1. The average Bonchev–Trinajstić information content (AvgIpc) is 3.51. The largest absolute Gasteiger partial charge is 0.318 e. The van der Waals surface area contributed by atoms with E-state index in [2.05, 4.69) is 45.9 Å². The molecule has 0 amide bonds. The van der Waals surface area contributed by atoms with Gasteiger partial charge in [0.2, 0.25) is 5.78 Å². The van der Waals surface area contributed by atoms with Gasteiger partial charge in [-0.2, -0.15) is 11.3 Å². The summed E-state index contributed by atoms with van der Waals surface area (Å²) >= 11 is 1.54. The second-order valence-electron chi connectivity index (χ2n) is 7.77. The number of nitrogens with zero attached hydrogens (tertiary/aromatic N) is 2. The summed E-state index contributed by atoms with van der Waals surface area (Å²) in [7, 11) is 0. The van der Waals surface area contributed by atoms with E-state index < -0.39 is 5.54 Å². The van der Waals surface area contributed by atoms with E-state index in [0.29, 0.717) is 11.3 Å². The molecule has 32 heavy (non-hydrogen) atoms. The first-order chi connectivity index (χ1) is 15.7. The van der Waals surface area contributed by atoms with Gasteiger partial charge in [-0.05, 0) is 34.6 Å². The Morgan fingerprint density at radius 2 is 1.28 bits per heavy atom. The molecule has 0 atom stereocenters. The Hall–Kier alpha value is -3.76. The van der Waals surface area contributed by atoms with E-state index in [1.54, 1.807) is 6.33 Å². The van der Waals surface area contributed by atoms with E-state index >= 15 is 0 Å². The van der Waals surface area contributed by atoms with Gasteiger partial charge in [-0.25, -0.2) is 4.98 Å². The molecule has 0 spiro atoms. The highest BCUT2D eigenvalue weighted by Crippen LogP contribution is 2.40. The Bertz CT molecular complexity index is 1240. The van der Waals surface area contributed by atoms with Crippen molar-refractivity contribution in [2.24, 2.45) is 0 Å². The quantitative estimate of drug-likeness (QED) is 0.231. The van der Waals surface area contributed by atoms with E-state index in [9.17, 15) is 4.79 Å². The van der Waals surface area contributed by atoms with Gasteiger partial charge in [0.05, 0.1) is 6.33 Å². The molecule has 0 saturated heterocycles. The van der Waals surface area contributed by atoms with Crippen LogP contribution in [0.3, 0.4) is 0 Å². The van der Waals surface area contributed by atoms with Crippen LogP contribution in [0.4, 0.5) is 0 Å². The summed E-state index contributed by atoms with van der Waals surface area (Å²) < 4.78 is 2.07. The predicted molar refractivity (Wildman–Crippen MR) is 129 cm³/mol. The third kappa shape index (κ3) is 3.29. The zero-order valence-electron chi connectivity index (χ0n) is 17.7. The molecular formula is C28H22N2OS. The Labute approximate surface area is 191 Å². The van der Waals surface area contributed by atoms with Crippen LogP contribution in [0.15, 0.2) is 114 Å². The van der Waals surface area contributed by atoms with E-state index in [0.717, 1.165) is 22.3 Å². The molecule has 5 aromatic rings. The highest BCUT2D eigenvalue weighted by Gasteiger charge is 2.38. The number of thiophene rings is 1. The number of aromatic nitrogens is 2. The van der Waals surface area contributed by atoms with Crippen LogP contribution in [0.2, 0.25) is 0 Å². The number of aryl methyl sites for hydroxylation is 1. The molecular weight excluding hydrogens is 412 g/mol. The summed E-state index contributed by atoms with van der Waals surface area (Å²) in [4.78, 5) is 17.8. The lowest BCUT2D eigenvalue weighted by molar-refractivity contribution is 0.103. The molecule has 5 rings (SSSR count). The smallest absolute Gasteiger partial charge is 0.214 e. The number of ketones is 1. The van der Waals surface area contributed by atoms with Crippen LogP contribution in [0.5, 0.6) is 0 Å². The van der Waals surface area contributed by atoms with Gasteiger partial charge in [0.15, 0.2) is 0 Å². The third-order valence-electron chi connectivity index (χ3n) is 5.88. The van der Waals surface area contributed by atoms with Crippen LogP contribution in [-0.2, 0) is 5.54 Å². The predicted octanol–water partition coefficient (Wildman–Crippen LogP) is 6.32. The van der Waals surface area contributed by atoms with Crippen molar-refractivity contribution < 1.29 is 4.79 Å². The van der Waals surface area contributed by atoms with Gasteiger partial charge in [-0.1, -0.05) is 91.0 Å². The number of rotatable bonds is 6. The summed E-state index contributed by atoms with van der Waals surface area (Å²) in [6.45, 7) is 1.96. The molecule has 0 aliphatic carbocycles. The number of hydrogen-bond acceptors (Lipinski definition) is 3. The van der Waals surface area contributed by atoms with Gasteiger partial charge in [-0.3, -0.25) is 4.79 Å². The second-order valence-corrected chi connectivity index (χ2v) is 8.52. The van der Waals surface area contributed by atoms with E-state index in [1.807, 2.05) is 78.5 Å². The van der Waals surface area contributed by atoms with Crippen LogP contribution >= 0.6 is 11.3 Å². The molecule has 0 radical (unpaired) electrons. The van der Waals surface area contributed by atoms with Crippen LogP contribution in [0, 0.1) is 6.92 Å². The maximum absolute atomic E-state index is 13.2. The van der Waals surface area contributed by atoms with Crippen LogP contribution in [-0.4, -0.2) is 15.3 Å². The van der Waals surface area contributed by atoms with Gasteiger partial charge in [0.1, 0.15) is 11.2 Å². The highest BCUT2D eigenvalue weighted by molar-refractivity contribution is 7.08. The van der Waals surface area contributed by atoms with Crippen LogP contribution < -0.4 is 0 Å². The third-order valence-corrected chi connectivity index (χ3v) is 6.74. The van der Waals surface area contributed by atoms with Gasteiger partial charge >= 0.3 is 0 Å². The molecule has 0 N–H and O–H groups in total. The van der Waals surface area contributed by atoms with Crippen LogP contribution in [0.1, 0.15) is 38.3 Å². The van der Waals surface area contributed by atoms with E-state index in [1.165, 1.54) is 11.3 Å². The van der Waals surface area contributed by atoms with Gasteiger partial charge in [-0.15, -0.1) is 0 Å². The van der Waals surface area contributed by atoms with Crippen molar-refractivity contribution in [3.8, 4) is 0 Å². The summed E-state index contributed by atoms with van der Waals surface area (Å²) in [5, 5.41) is 3.89. The second kappa shape index (κ2) is 8.40. The van der Waals surface area contributed by atoms with Gasteiger partial charge in [0, 0.05) is 17.1 Å². The van der Waals surface area contributed by atoms with E-state index in [4.69, 9.17) is 0 Å². The molecule has 2 aromatic heterocycles. The fourth-order valence-corrected chi connectivity index (χ4v) is 5.17. The lowest BCUT2D eigenvalue weighted by Gasteiger charge is -2.37. The normalized spacial score (nSPS) is 11.4. The first-order valence-electron chi connectivity index (χ1n) is 10.5. The fourth-order valence-electron chi connectivity index (χ4n) is 4.34. The first-order valence-corrected chi connectivity index (χ1v) is 11.4. The van der Waals surface area contributed by atoms with Crippen molar-refractivity contribution in [2.45, 2.75) is 12.5 Å². The van der Waals surface area contributed by atoms with Gasteiger partial charge < -0.3 is 4.57 Å². The first kappa shape index (κ1) is 20.2. The number of carbonyl (C=O) groups excluding carboxylic acids is 1. The number of hydrogen-bond donors (Lipinski definition) is 0. The molecule has 0 saturated carbocycles.